The van der Waals surface area contributed by atoms with Gasteiger partial charge in [-0.3, -0.25) is 4.79 Å². The van der Waals surface area contributed by atoms with E-state index in [9.17, 15) is 9.59 Å². The molecule has 2 aromatic rings. The van der Waals surface area contributed by atoms with Gasteiger partial charge in [0, 0.05) is 31.7 Å². The number of hydrogen-bond acceptors (Lipinski definition) is 5. The maximum Gasteiger partial charge on any atom is 0.409 e. The number of aromatic nitrogens is 1. The Labute approximate surface area is 152 Å². The van der Waals surface area contributed by atoms with Gasteiger partial charge in [-0.15, -0.1) is 0 Å². The van der Waals surface area contributed by atoms with Crippen LogP contribution in [0, 0.1) is 6.92 Å². The number of piperazine rings is 1. The molecule has 0 radical (unpaired) electrons. The van der Waals surface area contributed by atoms with Crippen LogP contribution in [0.2, 0.25) is 0 Å². The van der Waals surface area contributed by atoms with Crippen LogP contribution >= 0.6 is 0 Å². The van der Waals surface area contributed by atoms with Crippen LogP contribution in [0.3, 0.4) is 0 Å². The van der Waals surface area contributed by atoms with Crippen molar-refractivity contribution in [1.82, 2.24) is 14.8 Å². The van der Waals surface area contributed by atoms with Crippen molar-refractivity contribution in [3.8, 4) is 11.5 Å². The molecule has 0 atom stereocenters. The molecule has 2 amide bonds. The Morgan fingerprint density at radius 1 is 1.12 bits per heavy atom. The van der Waals surface area contributed by atoms with Crippen LogP contribution in [0.15, 0.2) is 34.7 Å². The minimum atomic E-state index is -0.321. The standard InChI is InChI=1S/C19H23N3O4/c1-3-25-19(24)22-11-9-21(10-12-22)17(23)13-16-14(2)20-18(26-16)15-7-5-4-6-8-15/h4-8H,3,9-13H2,1-2H3. The average molecular weight is 357 g/mol. The van der Waals surface area contributed by atoms with E-state index in [4.69, 9.17) is 9.15 Å². The Balaban J connectivity index is 1.59. The van der Waals surface area contributed by atoms with Gasteiger partial charge in [-0.25, -0.2) is 9.78 Å². The molecule has 0 saturated carbocycles. The zero-order valence-electron chi connectivity index (χ0n) is 15.1. The fraction of sp³-hybridized carbons (Fsp3) is 0.421. The molecule has 1 aliphatic rings. The maximum atomic E-state index is 12.6. The van der Waals surface area contributed by atoms with Crippen molar-refractivity contribution in [2.75, 3.05) is 32.8 Å². The van der Waals surface area contributed by atoms with Gasteiger partial charge >= 0.3 is 6.09 Å². The van der Waals surface area contributed by atoms with Crippen LogP contribution < -0.4 is 0 Å². The maximum absolute atomic E-state index is 12.6. The summed E-state index contributed by atoms with van der Waals surface area (Å²) in [5, 5.41) is 0. The minimum absolute atomic E-state index is 0.0210. The Kier molecular flexibility index (Phi) is 5.55. The first-order chi connectivity index (χ1) is 12.6. The molecule has 2 heterocycles. The number of amides is 2. The van der Waals surface area contributed by atoms with Crippen molar-refractivity contribution in [1.29, 1.82) is 0 Å². The van der Waals surface area contributed by atoms with Crippen molar-refractivity contribution in [3.05, 3.63) is 41.8 Å². The quantitative estimate of drug-likeness (QED) is 0.840. The van der Waals surface area contributed by atoms with Crippen LogP contribution in [0.1, 0.15) is 18.4 Å². The predicted octanol–water partition coefficient (Wildman–Crippen LogP) is 2.49. The first kappa shape index (κ1) is 18.0. The van der Waals surface area contributed by atoms with E-state index in [0.29, 0.717) is 44.4 Å². The van der Waals surface area contributed by atoms with E-state index in [1.54, 1.807) is 16.7 Å². The van der Waals surface area contributed by atoms with E-state index in [2.05, 4.69) is 4.98 Å². The monoisotopic (exact) mass is 357 g/mol. The van der Waals surface area contributed by atoms with Gasteiger partial charge in [0.15, 0.2) is 0 Å². The number of oxazole rings is 1. The highest BCUT2D eigenvalue weighted by atomic mass is 16.6. The van der Waals surface area contributed by atoms with Gasteiger partial charge < -0.3 is 19.0 Å². The molecule has 0 aliphatic carbocycles. The highest BCUT2D eigenvalue weighted by Gasteiger charge is 2.26. The minimum Gasteiger partial charge on any atom is -0.450 e. The summed E-state index contributed by atoms with van der Waals surface area (Å²) < 4.78 is 10.8. The van der Waals surface area contributed by atoms with Crippen molar-refractivity contribution in [2.45, 2.75) is 20.3 Å². The second-order valence-electron chi connectivity index (χ2n) is 6.14. The van der Waals surface area contributed by atoms with E-state index in [0.717, 1.165) is 11.3 Å². The van der Waals surface area contributed by atoms with Gasteiger partial charge in [0.05, 0.1) is 18.7 Å². The molecule has 26 heavy (non-hydrogen) atoms. The molecule has 1 aliphatic heterocycles. The molecule has 1 aromatic heterocycles. The predicted molar refractivity (Wildman–Crippen MR) is 95.6 cm³/mol. The second-order valence-corrected chi connectivity index (χ2v) is 6.14. The third-order valence-corrected chi connectivity index (χ3v) is 4.38. The van der Waals surface area contributed by atoms with Gasteiger partial charge in [-0.2, -0.15) is 0 Å². The second kappa shape index (κ2) is 8.03. The Bertz CT molecular complexity index is 764. The largest absolute Gasteiger partial charge is 0.450 e. The number of benzene rings is 1. The third kappa shape index (κ3) is 4.04. The van der Waals surface area contributed by atoms with Crippen LogP contribution in [0.5, 0.6) is 0 Å². The molecular weight excluding hydrogens is 334 g/mol. The lowest BCUT2D eigenvalue weighted by Gasteiger charge is -2.34. The molecule has 0 N–H and O–H groups in total. The van der Waals surface area contributed by atoms with E-state index in [1.807, 2.05) is 37.3 Å². The molecule has 7 heteroatoms. The van der Waals surface area contributed by atoms with Crippen molar-refractivity contribution < 1.29 is 18.7 Å². The molecule has 0 spiro atoms. The van der Waals surface area contributed by atoms with Gasteiger partial charge in [-0.05, 0) is 26.0 Å². The normalized spacial score (nSPS) is 14.4. The van der Waals surface area contributed by atoms with Crippen LogP contribution in [-0.2, 0) is 16.0 Å². The topological polar surface area (TPSA) is 75.9 Å². The lowest BCUT2D eigenvalue weighted by Crippen LogP contribution is -2.51. The highest BCUT2D eigenvalue weighted by molar-refractivity contribution is 5.79. The number of aryl methyl sites for hydroxylation is 1. The van der Waals surface area contributed by atoms with Gasteiger partial charge in [0.25, 0.3) is 0 Å². The summed E-state index contributed by atoms with van der Waals surface area (Å²) in [5.41, 5.74) is 1.61. The van der Waals surface area contributed by atoms with E-state index in [-0.39, 0.29) is 18.4 Å². The number of ether oxygens (including phenoxy) is 1. The fourth-order valence-electron chi connectivity index (χ4n) is 2.90. The zero-order chi connectivity index (χ0) is 18.5. The number of carbonyl (C=O) groups excluding carboxylic acids is 2. The molecule has 1 saturated heterocycles. The first-order valence-corrected chi connectivity index (χ1v) is 8.79. The smallest absolute Gasteiger partial charge is 0.409 e. The third-order valence-electron chi connectivity index (χ3n) is 4.38. The van der Waals surface area contributed by atoms with Crippen molar-refractivity contribution >= 4 is 12.0 Å². The van der Waals surface area contributed by atoms with Crippen molar-refractivity contribution in [2.24, 2.45) is 0 Å². The molecule has 0 bridgehead atoms. The van der Waals surface area contributed by atoms with Crippen LogP contribution in [-0.4, -0.2) is 59.6 Å². The summed E-state index contributed by atoms with van der Waals surface area (Å²) in [7, 11) is 0. The summed E-state index contributed by atoms with van der Waals surface area (Å²) in [6.45, 7) is 5.93. The van der Waals surface area contributed by atoms with Gasteiger partial charge in [0.1, 0.15) is 5.76 Å². The number of nitrogens with zero attached hydrogens (tertiary/aromatic N) is 3. The molecule has 1 aromatic carbocycles. The van der Waals surface area contributed by atoms with Crippen LogP contribution in [0.4, 0.5) is 4.79 Å². The molecule has 138 valence electrons. The summed E-state index contributed by atoms with van der Waals surface area (Å²) >= 11 is 0. The van der Waals surface area contributed by atoms with E-state index < -0.39 is 0 Å². The zero-order valence-corrected chi connectivity index (χ0v) is 15.1. The molecule has 0 unspecified atom stereocenters. The summed E-state index contributed by atoms with van der Waals surface area (Å²) in [4.78, 5) is 32.1. The SMILES string of the molecule is CCOC(=O)N1CCN(C(=O)Cc2oc(-c3ccccc3)nc2C)CC1. The van der Waals surface area contributed by atoms with E-state index in [1.165, 1.54) is 0 Å². The summed E-state index contributed by atoms with van der Waals surface area (Å²) in [5.74, 6) is 1.09. The summed E-state index contributed by atoms with van der Waals surface area (Å²) in [6.07, 6.45) is -0.149. The lowest BCUT2D eigenvalue weighted by molar-refractivity contribution is -0.132. The van der Waals surface area contributed by atoms with E-state index >= 15 is 0 Å². The van der Waals surface area contributed by atoms with Crippen LogP contribution in [0.25, 0.3) is 11.5 Å². The Morgan fingerprint density at radius 2 is 1.77 bits per heavy atom. The fourth-order valence-corrected chi connectivity index (χ4v) is 2.90. The molecule has 7 nitrogen and oxygen atoms in total. The Hall–Kier alpha value is -2.83. The lowest BCUT2D eigenvalue weighted by atomic mass is 10.2. The van der Waals surface area contributed by atoms with Crippen molar-refractivity contribution in [3.63, 3.8) is 0 Å². The first-order valence-electron chi connectivity index (χ1n) is 8.79. The molecule has 1 fully saturated rings. The van der Waals surface area contributed by atoms with Gasteiger partial charge in [0.2, 0.25) is 11.8 Å². The van der Waals surface area contributed by atoms with Gasteiger partial charge in [-0.1, -0.05) is 18.2 Å². The molecular formula is C19H23N3O4. The Morgan fingerprint density at radius 3 is 2.42 bits per heavy atom. The number of hydrogen-bond donors (Lipinski definition) is 0. The molecule has 3 rings (SSSR count). The number of rotatable bonds is 4. The average Bonchev–Trinajstić information content (AvgIpc) is 3.03. The highest BCUT2D eigenvalue weighted by Crippen LogP contribution is 2.22. The number of carbonyl (C=O) groups is 2. The summed E-state index contributed by atoms with van der Waals surface area (Å²) in [6, 6.07) is 9.61.